The molecular formula is C24H21Cl2OTi. The monoisotopic (exact) mass is 443 g/mol. The third-order valence-corrected chi connectivity index (χ3v) is 4.06. The van der Waals surface area contributed by atoms with Crippen molar-refractivity contribution >= 4 is 5.57 Å². The van der Waals surface area contributed by atoms with Gasteiger partial charge in [-0.3, -0.25) is 0 Å². The Balaban J connectivity index is 0.000000480. The maximum Gasteiger partial charge on any atom is 3.00 e. The van der Waals surface area contributed by atoms with Crippen molar-refractivity contribution in [3.8, 4) is 0 Å². The summed E-state index contributed by atoms with van der Waals surface area (Å²) in [6.07, 6.45) is 6.94. The van der Waals surface area contributed by atoms with Crippen molar-refractivity contribution in [2.45, 2.75) is 12.5 Å². The Bertz CT molecular complexity index is 795. The quantitative estimate of drug-likeness (QED) is 0.431. The molecular weight excluding hydrogens is 423 g/mol. The van der Waals surface area contributed by atoms with Gasteiger partial charge in [-0.2, -0.15) is 0 Å². The first-order chi connectivity index (χ1) is 12.3. The van der Waals surface area contributed by atoms with E-state index in [1.165, 1.54) is 11.1 Å². The molecule has 1 N–H and O–H groups in total. The molecule has 0 amide bonds. The normalized spacial score (nSPS) is 11.1. The van der Waals surface area contributed by atoms with Crippen LogP contribution in [-0.4, -0.2) is 5.11 Å². The minimum atomic E-state index is -0.516. The molecule has 1 nitrogen and oxygen atoms in total. The molecule has 0 bridgehead atoms. The number of hydrogen-bond acceptors (Lipinski definition) is 1. The minimum Gasteiger partial charge on any atom is -1.00 e. The van der Waals surface area contributed by atoms with Crippen LogP contribution in [0, 0.1) is 6.07 Å². The average molecular weight is 444 g/mol. The summed E-state index contributed by atoms with van der Waals surface area (Å²) >= 11 is 0. The molecule has 1 radical (unpaired) electrons. The number of halogens is 2. The van der Waals surface area contributed by atoms with Crippen molar-refractivity contribution in [2.24, 2.45) is 0 Å². The van der Waals surface area contributed by atoms with Crippen LogP contribution in [0.4, 0.5) is 0 Å². The Morgan fingerprint density at radius 3 is 1.71 bits per heavy atom. The summed E-state index contributed by atoms with van der Waals surface area (Å²) < 4.78 is 0. The van der Waals surface area contributed by atoms with Crippen molar-refractivity contribution < 1.29 is 51.6 Å². The van der Waals surface area contributed by atoms with E-state index in [2.05, 4.69) is 30.4 Å². The Labute approximate surface area is 194 Å². The summed E-state index contributed by atoms with van der Waals surface area (Å²) in [5.41, 5.74) is 4.44. The van der Waals surface area contributed by atoms with Crippen LogP contribution in [0.2, 0.25) is 0 Å². The van der Waals surface area contributed by atoms with E-state index in [1.54, 1.807) is 0 Å². The first-order valence-electron chi connectivity index (χ1n) is 8.45. The SMILES string of the molecule is OC(c1ccccc1)c1ccccc1.[Cl-].[Cl-].[Ti+3].[c-]1ccccc1C1=CC=CC1. The van der Waals surface area contributed by atoms with Gasteiger partial charge in [0.25, 0.3) is 0 Å². The molecule has 4 heteroatoms. The van der Waals surface area contributed by atoms with Gasteiger partial charge in [-0.05, 0) is 17.5 Å². The fourth-order valence-corrected chi connectivity index (χ4v) is 2.70. The second-order valence-corrected chi connectivity index (χ2v) is 5.82. The Morgan fingerprint density at radius 1 is 0.750 bits per heavy atom. The number of allylic oxidation sites excluding steroid dienone is 4. The van der Waals surface area contributed by atoms with E-state index in [-0.39, 0.29) is 46.5 Å². The molecule has 0 spiro atoms. The predicted octanol–water partition coefficient (Wildman–Crippen LogP) is -0.396. The van der Waals surface area contributed by atoms with Crippen LogP contribution in [0.5, 0.6) is 0 Å². The van der Waals surface area contributed by atoms with E-state index in [9.17, 15) is 5.11 Å². The molecule has 0 heterocycles. The fraction of sp³-hybridized carbons (Fsp3) is 0.0833. The number of aliphatic hydroxyl groups is 1. The molecule has 3 aromatic rings. The minimum absolute atomic E-state index is 0. The third-order valence-electron chi connectivity index (χ3n) is 4.06. The maximum absolute atomic E-state index is 9.99. The van der Waals surface area contributed by atoms with Crippen molar-refractivity contribution in [1.82, 2.24) is 0 Å². The molecule has 0 saturated carbocycles. The maximum atomic E-state index is 9.99. The zero-order valence-corrected chi connectivity index (χ0v) is 18.4. The molecule has 0 fully saturated rings. The predicted molar refractivity (Wildman–Crippen MR) is 104 cm³/mol. The van der Waals surface area contributed by atoms with Gasteiger partial charge in [-0.15, -0.1) is 47.5 Å². The summed E-state index contributed by atoms with van der Waals surface area (Å²) in [5.74, 6) is 0. The molecule has 4 rings (SSSR count). The van der Waals surface area contributed by atoms with Crippen LogP contribution in [-0.2, 0) is 21.7 Å². The summed E-state index contributed by atoms with van der Waals surface area (Å²) in [5, 5.41) is 9.99. The van der Waals surface area contributed by atoms with Gasteiger partial charge in [0.05, 0.1) is 0 Å². The molecule has 0 aliphatic heterocycles. The topological polar surface area (TPSA) is 20.2 Å². The molecule has 1 aliphatic rings. The summed E-state index contributed by atoms with van der Waals surface area (Å²) in [4.78, 5) is 0. The smallest absolute Gasteiger partial charge is 1.00 e. The van der Waals surface area contributed by atoms with E-state index in [4.69, 9.17) is 0 Å². The first-order valence-corrected chi connectivity index (χ1v) is 8.45. The van der Waals surface area contributed by atoms with Crippen LogP contribution >= 0.6 is 0 Å². The largest absolute Gasteiger partial charge is 3.00 e. The molecule has 28 heavy (non-hydrogen) atoms. The van der Waals surface area contributed by atoms with Gasteiger partial charge in [0.15, 0.2) is 0 Å². The van der Waals surface area contributed by atoms with E-state index >= 15 is 0 Å². The second kappa shape index (κ2) is 14.4. The number of rotatable bonds is 3. The zero-order valence-electron chi connectivity index (χ0n) is 15.3. The van der Waals surface area contributed by atoms with Crippen molar-refractivity contribution in [2.75, 3.05) is 0 Å². The fourth-order valence-electron chi connectivity index (χ4n) is 2.70. The molecule has 141 valence electrons. The van der Waals surface area contributed by atoms with E-state index in [0.717, 1.165) is 17.5 Å². The molecule has 3 aromatic carbocycles. The van der Waals surface area contributed by atoms with Gasteiger partial charge in [-0.25, -0.2) is 0 Å². The Kier molecular flexibility index (Phi) is 13.6. The van der Waals surface area contributed by atoms with Crippen LogP contribution in [0.3, 0.4) is 0 Å². The number of hydrogen-bond donors (Lipinski definition) is 1. The van der Waals surface area contributed by atoms with Crippen molar-refractivity contribution in [3.63, 3.8) is 0 Å². The molecule has 0 aromatic heterocycles. The second-order valence-electron chi connectivity index (χ2n) is 5.82. The molecule has 1 aliphatic carbocycles. The molecule has 0 unspecified atom stereocenters. The van der Waals surface area contributed by atoms with Crippen LogP contribution < -0.4 is 24.8 Å². The summed E-state index contributed by atoms with van der Waals surface area (Å²) in [7, 11) is 0. The van der Waals surface area contributed by atoms with Gasteiger partial charge in [-0.1, -0.05) is 72.8 Å². The Hall–Kier alpha value is -1.61. The van der Waals surface area contributed by atoms with Gasteiger partial charge in [0.1, 0.15) is 6.10 Å². The van der Waals surface area contributed by atoms with Gasteiger partial charge in [0, 0.05) is 0 Å². The molecule has 0 atom stereocenters. The van der Waals surface area contributed by atoms with E-state index < -0.39 is 6.10 Å². The van der Waals surface area contributed by atoms with Crippen LogP contribution in [0.25, 0.3) is 5.57 Å². The Morgan fingerprint density at radius 2 is 1.29 bits per heavy atom. The van der Waals surface area contributed by atoms with Crippen LogP contribution in [0.1, 0.15) is 29.2 Å². The van der Waals surface area contributed by atoms with Crippen molar-refractivity contribution in [1.29, 1.82) is 0 Å². The van der Waals surface area contributed by atoms with Gasteiger partial charge < -0.3 is 29.9 Å². The van der Waals surface area contributed by atoms with Gasteiger partial charge >= 0.3 is 21.7 Å². The van der Waals surface area contributed by atoms with E-state index in [0.29, 0.717) is 0 Å². The third kappa shape index (κ3) is 7.79. The molecule has 0 saturated heterocycles. The number of benzene rings is 3. The van der Waals surface area contributed by atoms with Crippen LogP contribution in [0.15, 0.2) is 103 Å². The van der Waals surface area contributed by atoms with Gasteiger partial charge in [0.2, 0.25) is 0 Å². The summed E-state index contributed by atoms with van der Waals surface area (Å²) in [6.45, 7) is 0. The summed E-state index contributed by atoms with van der Waals surface area (Å²) in [6, 6.07) is 30.6. The standard InChI is InChI=1S/C13H12O.C11H9.2ClH.Ti/c14-13(11-7-3-1-4-8-11)12-9-5-2-6-10-12;1-2-6-10(7-3-1)11-8-4-5-9-11;;;/h1-10,13-14H;1-6,8H,9H2;2*1H;/q;-1;;;+3/p-2. The number of aliphatic hydroxyl groups excluding tert-OH is 1. The van der Waals surface area contributed by atoms with E-state index in [1.807, 2.05) is 78.9 Å². The zero-order chi connectivity index (χ0) is 17.3. The van der Waals surface area contributed by atoms with Crippen molar-refractivity contribution in [3.05, 3.63) is 126 Å². The average Bonchev–Trinajstić information content (AvgIpc) is 3.25. The first kappa shape index (κ1) is 26.4.